The number of nitrogens with one attached hydrogen (secondary N) is 1. The summed E-state index contributed by atoms with van der Waals surface area (Å²) in [6.45, 7) is 7.98. The number of likely N-dealkylation sites (N-methyl/N-ethyl adjacent to an activating group) is 1. The first kappa shape index (κ1) is 14.6. The van der Waals surface area contributed by atoms with E-state index in [0.717, 1.165) is 18.4 Å². The Balaban J connectivity index is 2.13. The predicted octanol–water partition coefficient (Wildman–Crippen LogP) is 4.52. The molecule has 0 saturated heterocycles. The first-order valence-corrected chi connectivity index (χ1v) is 8.03. The molecule has 106 valence electrons. The number of hydrogen-bond donors (Lipinski definition) is 1. The van der Waals surface area contributed by atoms with E-state index in [1.165, 1.54) is 32.1 Å². The summed E-state index contributed by atoms with van der Waals surface area (Å²) in [7, 11) is 0. The van der Waals surface area contributed by atoms with Crippen LogP contribution < -0.4 is 5.32 Å². The van der Waals surface area contributed by atoms with Crippen molar-refractivity contribution in [1.82, 2.24) is 5.32 Å². The number of rotatable bonds is 6. The fourth-order valence-corrected chi connectivity index (χ4v) is 3.43. The Labute approximate surface area is 118 Å². The van der Waals surface area contributed by atoms with Gasteiger partial charge in [0.15, 0.2) is 0 Å². The lowest BCUT2D eigenvalue weighted by Crippen LogP contribution is -2.36. The zero-order valence-electron chi connectivity index (χ0n) is 12.8. The molecule has 0 fully saturated rings. The Morgan fingerprint density at radius 2 is 2.00 bits per heavy atom. The van der Waals surface area contributed by atoms with E-state index in [0.29, 0.717) is 6.04 Å². The zero-order valence-corrected chi connectivity index (χ0v) is 12.8. The average molecular weight is 259 g/mol. The Hall–Kier alpha value is -0.820. The Kier molecular flexibility index (Phi) is 5.45. The molecule has 1 heteroatoms. The molecule has 2 unspecified atom stereocenters. The van der Waals surface area contributed by atoms with Crippen LogP contribution in [0.1, 0.15) is 63.5 Å². The Morgan fingerprint density at radius 3 is 2.74 bits per heavy atom. The van der Waals surface area contributed by atoms with Crippen LogP contribution in [0.4, 0.5) is 0 Å². The standard InChI is InChI=1S/C18H29N/c1-4-19-18(13-12-14(2)3)17-11-7-9-15-8-5-6-10-16(15)17/h5-6,8,10,14,17-19H,4,7,9,11-13H2,1-3H3. The molecular formula is C18H29N. The highest BCUT2D eigenvalue weighted by atomic mass is 14.9. The van der Waals surface area contributed by atoms with E-state index in [9.17, 15) is 0 Å². The monoisotopic (exact) mass is 259 g/mol. The van der Waals surface area contributed by atoms with Gasteiger partial charge in [-0.3, -0.25) is 0 Å². The van der Waals surface area contributed by atoms with Gasteiger partial charge in [0.25, 0.3) is 0 Å². The molecule has 0 saturated carbocycles. The molecular weight excluding hydrogens is 230 g/mol. The number of aryl methyl sites for hydroxylation is 1. The highest BCUT2D eigenvalue weighted by Gasteiger charge is 2.26. The minimum absolute atomic E-state index is 0.661. The molecule has 0 heterocycles. The summed E-state index contributed by atoms with van der Waals surface area (Å²) in [5, 5.41) is 3.75. The van der Waals surface area contributed by atoms with Crippen LogP contribution in [0.5, 0.6) is 0 Å². The van der Waals surface area contributed by atoms with Gasteiger partial charge in [-0.15, -0.1) is 0 Å². The van der Waals surface area contributed by atoms with E-state index < -0.39 is 0 Å². The molecule has 1 aliphatic carbocycles. The summed E-state index contributed by atoms with van der Waals surface area (Å²) >= 11 is 0. The van der Waals surface area contributed by atoms with Crippen LogP contribution in [0, 0.1) is 5.92 Å². The summed E-state index contributed by atoms with van der Waals surface area (Å²) in [5.74, 6) is 1.53. The van der Waals surface area contributed by atoms with Crippen LogP contribution in [0.25, 0.3) is 0 Å². The molecule has 19 heavy (non-hydrogen) atoms. The van der Waals surface area contributed by atoms with Gasteiger partial charge in [-0.2, -0.15) is 0 Å². The fourth-order valence-electron chi connectivity index (χ4n) is 3.43. The van der Waals surface area contributed by atoms with Crippen LogP contribution >= 0.6 is 0 Å². The van der Waals surface area contributed by atoms with Gasteiger partial charge in [-0.25, -0.2) is 0 Å². The largest absolute Gasteiger partial charge is 0.314 e. The van der Waals surface area contributed by atoms with Gasteiger partial charge < -0.3 is 5.32 Å². The van der Waals surface area contributed by atoms with Crippen LogP contribution in [0.15, 0.2) is 24.3 Å². The summed E-state index contributed by atoms with van der Waals surface area (Å²) < 4.78 is 0. The van der Waals surface area contributed by atoms with Crippen molar-refractivity contribution in [3.05, 3.63) is 35.4 Å². The van der Waals surface area contributed by atoms with Crippen molar-refractivity contribution in [2.75, 3.05) is 6.54 Å². The molecule has 2 atom stereocenters. The van der Waals surface area contributed by atoms with Crippen molar-refractivity contribution < 1.29 is 0 Å². The van der Waals surface area contributed by atoms with Crippen molar-refractivity contribution in [3.63, 3.8) is 0 Å². The molecule has 0 amide bonds. The second-order valence-electron chi connectivity index (χ2n) is 6.33. The van der Waals surface area contributed by atoms with Crippen LogP contribution in [-0.4, -0.2) is 12.6 Å². The highest BCUT2D eigenvalue weighted by molar-refractivity contribution is 5.33. The van der Waals surface area contributed by atoms with Crippen LogP contribution in [-0.2, 0) is 6.42 Å². The lowest BCUT2D eigenvalue weighted by molar-refractivity contribution is 0.355. The predicted molar refractivity (Wildman–Crippen MR) is 83.7 cm³/mol. The maximum Gasteiger partial charge on any atom is 0.0136 e. The van der Waals surface area contributed by atoms with Crippen molar-refractivity contribution in [3.8, 4) is 0 Å². The van der Waals surface area contributed by atoms with Gasteiger partial charge in [-0.1, -0.05) is 45.0 Å². The van der Waals surface area contributed by atoms with Crippen molar-refractivity contribution >= 4 is 0 Å². The third-order valence-corrected chi connectivity index (χ3v) is 4.42. The lowest BCUT2D eigenvalue weighted by Gasteiger charge is -2.33. The molecule has 1 aliphatic rings. The minimum atomic E-state index is 0.661. The second kappa shape index (κ2) is 7.09. The third-order valence-electron chi connectivity index (χ3n) is 4.42. The van der Waals surface area contributed by atoms with Crippen molar-refractivity contribution in [1.29, 1.82) is 0 Å². The van der Waals surface area contributed by atoms with Gasteiger partial charge in [0, 0.05) is 6.04 Å². The van der Waals surface area contributed by atoms with E-state index in [1.807, 2.05) is 0 Å². The topological polar surface area (TPSA) is 12.0 Å². The summed E-state index contributed by atoms with van der Waals surface area (Å²) in [5.41, 5.74) is 3.20. The lowest BCUT2D eigenvalue weighted by atomic mass is 9.77. The van der Waals surface area contributed by atoms with Gasteiger partial charge in [0.1, 0.15) is 0 Å². The van der Waals surface area contributed by atoms with Gasteiger partial charge in [0.2, 0.25) is 0 Å². The van der Waals surface area contributed by atoms with Gasteiger partial charge >= 0.3 is 0 Å². The van der Waals surface area contributed by atoms with E-state index in [4.69, 9.17) is 0 Å². The van der Waals surface area contributed by atoms with Crippen molar-refractivity contribution in [2.24, 2.45) is 5.92 Å². The van der Waals surface area contributed by atoms with E-state index >= 15 is 0 Å². The summed E-state index contributed by atoms with van der Waals surface area (Å²) in [4.78, 5) is 0. The normalized spacial score (nSPS) is 20.3. The van der Waals surface area contributed by atoms with Gasteiger partial charge in [-0.05, 0) is 61.6 Å². The van der Waals surface area contributed by atoms with Gasteiger partial charge in [0.05, 0.1) is 0 Å². The summed E-state index contributed by atoms with van der Waals surface area (Å²) in [6, 6.07) is 9.75. The molecule has 2 rings (SSSR count). The van der Waals surface area contributed by atoms with E-state index in [-0.39, 0.29) is 0 Å². The molecule has 0 aromatic heterocycles. The molecule has 1 aromatic carbocycles. The molecule has 1 nitrogen and oxygen atoms in total. The molecule has 0 spiro atoms. The molecule has 1 aromatic rings. The average Bonchev–Trinajstić information content (AvgIpc) is 2.43. The first-order chi connectivity index (χ1) is 9.22. The molecule has 1 N–H and O–H groups in total. The quantitative estimate of drug-likeness (QED) is 0.792. The molecule has 0 bridgehead atoms. The van der Waals surface area contributed by atoms with E-state index in [1.54, 1.807) is 11.1 Å². The highest BCUT2D eigenvalue weighted by Crippen LogP contribution is 2.35. The third kappa shape index (κ3) is 3.82. The maximum absolute atomic E-state index is 3.75. The maximum atomic E-state index is 3.75. The molecule has 0 radical (unpaired) electrons. The smallest absolute Gasteiger partial charge is 0.0136 e. The summed E-state index contributed by atoms with van der Waals surface area (Å²) in [6.07, 6.45) is 6.62. The van der Waals surface area contributed by atoms with Crippen molar-refractivity contribution in [2.45, 2.75) is 64.8 Å². The number of benzene rings is 1. The fraction of sp³-hybridized carbons (Fsp3) is 0.667. The number of hydrogen-bond acceptors (Lipinski definition) is 1. The first-order valence-electron chi connectivity index (χ1n) is 8.03. The number of fused-ring (bicyclic) bond motifs is 1. The Morgan fingerprint density at radius 1 is 1.21 bits per heavy atom. The van der Waals surface area contributed by atoms with Crippen LogP contribution in [0.2, 0.25) is 0 Å². The SMILES string of the molecule is CCNC(CCC(C)C)C1CCCc2ccccc21. The zero-order chi connectivity index (χ0) is 13.7. The second-order valence-corrected chi connectivity index (χ2v) is 6.33. The minimum Gasteiger partial charge on any atom is -0.314 e. The Bertz CT molecular complexity index is 383. The van der Waals surface area contributed by atoms with E-state index in [2.05, 4.69) is 50.4 Å². The van der Waals surface area contributed by atoms with Crippen LogP contribution in [0.3, 0.4) is 0 Å². The molecule has 0 aliphatic heterocycles.